The van der Waals surface area contributed by atoms with Gasteiger partial charge in [-0.3, -0.25) is 0 Å². The molecule has 0 aromatic heterocycles. The van der Waals surface area contributed by atoms with Gasteiger partial charge in [0.2, 0.25) is 0 Å². The van der Waals surface area contributed by atoms with Crippen LogP contribution in [0.5, 0.6) is 0 Å². The van der Waals surface area contributed by atoms with Crippen molar-refractivity contribution in [2.24, 2.45) is 0 Å². The van der Waals surface area contributed by atoms with Crippen molar-refractivity contribution >= 4 is 41.1 Å². The van der Waals surface area contributed by atoms with Gasteiger partial charge in [-0.2, -0.15) is 0 Å². The fourth-order valence-corrected chi connectivity index (χ4v) is 12.1. The van der Waals surface area contributed by atoms with Gasteiger partial charge in [0.1, 0.15) is 0 Å². The molecule has 1 saturated heterocycles. The van der Waals surface area contributed by atoms with Gasteiger partial charge in [0.05, 0.1) is 0 Å². The first kappa shape index (κ1) is 33.3. The third-order valence-electron chi connectivity index (χ3n) is 8.65. The summed E-state index contributed by atoms with van der Waals surface area (Å²) in [6, 6.07) is 35.6. The molecule has 0 saturated carbocycles. The maximum absolute atomic E-state index is 13.5. The number of carbonyl (C=O) groups excluding carboxylic acids is 2. The van der Waals surface area contributed by atoms with Gasteiger partial charge in [-0.25, -0.2) is 0 Å². The molecule has 0 atom stereocenters. The Balaban J connectivity index is 1.73. The van der Waals surface area contributed by atoms with Crippen LogP contribution in [0, 0.1) is 16.2 Å². The van der Waals surface area contributed by atoms with Crippen LogP contribution in [0.4, 0.5) is 0 Å². The molecular weight excluding hydrogens is 788 g/mol. The SMILES string of the molecule is CC=C1COCC1=CC(C#Cc1ccc(/C=C/C)c2c1C(=O)N(C)C2=O)=C([C]#[Os])[P+](c1ccccc1)(c1ccccc1)c1ccccc1. The minimum absolute atomic E-state index is 0.315. The van der Waals surface area contributed by atoms with Gasteiger partial charge in [-0.05, 0) is 0 Å². The molecule has 2 heterocycles. The van der Waals surface area contributed by atoms with Crippen LogP contribution < -0.4 is 15.9 Å². The Morgan fingerprint density at radius 1 is 0.771 bits per heavy atom. The summed E-state index contributed by atoms with van der Waals surface area (Å²) in [5, 5.41) is 4.54. The first-order valence-electron chi connectivity index (χ1n) is 15.7. The van der Waals surface area contributed by atoms with E-state index in [-0.39, 0.29) is 11.8 Å². The standard InChI is InChI=1S/C42H34NO3P.Os/c1-5-16-32-23-24-33(40-39(32)41(44)43(4)42(40)45)25-26-34(27-35-29-46-28-31(35)6-2)30(3)47(36-17-10-7-11-18-36,37-19-12-8-13-20-37)38-21-14-9-15-22-38;/h5-24,27H,28-29H2,1-2,4H3;/q+1;/b16-5+,31-6?,34-30?,35-27?;. The van der Waals surface area contributed by atoms with E-state index in [4.69, 9.17) is 4.74 Å². The maximum atomic E-state index is 13.5. The average Bonchev–Trinajstić information content (AvgIpc) is 3.68. The molecule has 6 heteroatoms. The molecule has 4 nitrogen and oxygen atoms in total. The van der Waals surface area contributed by atoms with E-state index in [9.17, 15) is 9.59 Å². The molecule has 2 amide bonds. The number of nitrogens with zero attached hydrogens (tertiary/aromatic N) is 1. The Morgan fingerprint density at radius 2 is 1.31 bits per heavy atom. The topological polar surface area (TPSA) is 46.6 Å². The fraction of sp³-hybridized carbons (Fsp3) is 0.119. The zero-order valence-electron chi connectivity index (χ0n) is 27.0. The van der Waals surface area contributed by atoms with E-state index in [1.165, 1.54) is 27.9 Å². The van der Waals surface area contributed by atoms with Crippen molar-refractivity contribution in [1.82, 2.24) is 4.90 Å². The minimum atomic E-state index is -2.56. The number of benzene rings is 4. The number of ether oxygens (including phenoxy) is 1. The third-order valence-corrected chi connectivity index (χ3v) is 14.0. The van der Waals surface area contributed by atoms with Crippen LogP contribution in [-0.2, 0) is 22.7 Å². The molecule has 237 valence electrons. The predicted octanol–water partition coefficient (Wildman–Crippen LogP) is 6.95. The van der Waals surface area contributed by atoms with E-state index in [1.54, 1.807) is 17.9 Å². The van der Waals surface area contributed by atoms with Crippen molar-refractivity contribution in [2.75, 3.05) is 20.3 Å². The summed E-state index contributed by atoms with van der Waals surface area (Å²) in [5.41, 5.74) is 4.95. The predicted molar refractivity (Wildman–Crippen MR) is 193 cm³/mol. The van der Waals surface area contributed by atoms with E-state index < -0.39 is 7.26 Å². The molecule has 0 bridgehead atoms. The number of allylic oxidation sites excluding steroid dienone is 5. The van der Waals surface area contributed by atoms with Crippen LogP contribution in [0.15, 0.2) is 143 Å². The number of hydrogen-bond donors (Lipinski definition) is 0. The molecular formula is C42H34NO3OsP+. The summed E-state index contributed by atoms with van der Waals surface area (Å²) in [5.74, 6) is 6.27. The van der Waals surface area contributed by atoms with Gasteiger partial charge in [0.15, 0.2) is 0 Å². The monoisotopic (exact) mass is 823 g/mol. The van der Waals surface area contributed by atoms with Gasteiger partial charge in [-0.1, -0.05) is 0 Å². The van der Waals surface area contributed by atoms with Gasteiger partial charge < -0.3 is 0 Å². The summed E-state index contributed by atoms with van der Waals surface area (Å²) < 4.78 is 9.59. The Morgan fingerprint density at radius 3 is 1.83 bits per heavy atom. The number of fused-ring (bicyclic) bond motifs is 1. The Hall–Kier alpha value is -4.65. The van der Waals surface area contributed by atoms with Crippen molar-refractivity contribution in [1.29, 1.82) is 0 Å². The van der Waals surface area contributed by atoms with Crippen LogP contribution in [-0.4, -0.2) is 37.0 Å². The molecule has 4 aromatic carbocycles. The molecule has 0 unspecified atom stereocenters. The Kier molecular flexibility index (Phi) is 10.1. The number of imide groups is 1. The van der Waals surface area contributed by atoms with Crippen LogP contribution in [0.3, 0.4) is 0 Å². The summed E-state index contributed by atoms with van der Waals surface area (Å²) in [4.78, 5) is 27.9. The van der Waals surface area contributed by atoms with Crippen LogP contribution in [0.2, 0.25) is 0 Å². The summed E-state index contributed by atoms with van der Waals surface area (Å²) in [6.45, 7) is 4.93. The Labute approximate surface area is 292 Å². The summed E-state index contributed by atoms with van der Waals surface area (Å²) in [6.07, 6.45) is 7.95. The molecule has 2 aliphatic rings. The van der Waals surface area contributed by atoms with Crippen molar-refractivity contribution in [3.63, 3.8) is 0 Å². The molecule has 0 N–H and O–H groups in total. The van der Waals surface area contributed by atoms with Crippen molar-refractivity contribution in [3.8, 4) is 16.2 Å². The zero-order valence-corrected chi connectivity index (χ0v) is 30.4. The van der Waals surface area contributed by atoms with Crippen molar-refractivity contribution < 1.29 is 32.3 Å². The second-order valence-corrected chi connectivity index (χ2v) is 15.3. The van der Waals surface area contributed by atoms with Crippen LogP contribution in [0.1, 0.15) is 45.7 Å². The molecule has 0 radical (unpaired) electrons. The third kappa shape index (κ3) is 5.95. The van der Waals surface area contributed by atoms with Gasteiger partial charge >= 0.3 is 294 Å². The molecule has 4 aromatic rings. The normalized spacial score (nSPS) is 16.6. The van der Waals surface area contributed by atoms with Crippen molar-refractivity contribution in [2.45, 2.75) is 13.8 Å². The zero-order chi connectivity index (χ0) is 33.7. The van der Waals surface area contributed by atoms with Gasteiger partial charge in [0.25, 0.3) is 0 Å². The fourth-order valence-electron chi connectivity index (χ4n) is 6.33. The first-order chi connectivity index (χ1) is 23.4. The summed E-state index contributed by atoms with van der Waals surface area (Å²) >= 11 is 1.70. The molecule has 0 spiro atoms. The molecule has 0 aliphatic carbocycles. The van der Waals surface area contributed by atoms with Crippen LogP contribution in [0.25, 0.3) is 6.08 Å². The van der Waals surface area contributed by atoms with Crippen molar-refractivity contribution in [3.05, 3.63) is 166 Å². The summed E-state index contributed by atoms with van der Waals surface area (Å²) in [7, 11) is -1.04. The van der Waals surface area contributed by atoms with E-state index >= 15 is 0 Å². The number of carbonyl (C=O) groups is 2. The molecule has 2 aliphatic heterocycles. The van der Waals surface area contributed by atoms with E-state index in [0.717, 1.165) is 22.0 Å². The number of amides is 2. The van der Waals surface area contributed by atoms with E-state index in [0.29, 0.717) is 35.5 Å². The second kappa shape index (κ2) is 14.6. The second-order valence-electron chi connectivity index (χ2n) is 11.4. The Bertz CT molecular complexity index is 2030. The average molecular weight is 822 g/mol. The van der Waals surface area contributed by atoms with Gasteiger partial charge in [0, 0.05) is 0 Å². The number of hydrogen-bond acceptors (Lipinski definition) is 3. The van der Waals surface area contributed by atoms with E-state index in [2.05, 4.69) is 101 Å². The first-order valence-corrected chi connectivity index (χ1v) is 18.8. The quantitative estimate of drug-likeness (QED) is 0.120. The molecule has 48 heavy (non-hydrogen) atoms. The number of rotatable bonds is 6. The van der Waals surface area contributed by atoms with E-state index in [1.807, 2.05) is 56.3 Å². The van der Waals surface area contributed by atoms with Gasteiger partial charge in [-0.15, -0.1) is 0 Å². The molecule has 1 fully saturated rings. The van der Waals surface area contributed by atoms with Crippen LogP contribution >= 0.6 is 7.26 Å². The molecule has 6 rings (SSSR count).